The summed E-state index contributed by atoms with van der Waals surface area (Å²) in [5.74, 6) is 0. The maximum atomic E-state index is 4.85. The Balaban J connectivity index is 0.00000324. The fourth-order valence-corrected chi connectivity index (χ4v) is 5.18. The van der Waals surface area contributed by atoms with Crippen LogP contribution in [-0.4, -0.2) is 12.8 Å². The van der Waals surface area contributed by atoms with Crippen molar-refractivity contribution in [3.05, 3.63) is 82.6 Å². The van der Waals surface area contributed by atoms with Crippen molar-refractivity contribution < 1.29 is 0 Å². The molecule has 2 nitrogen and oxygen atoms in total. The Morgan fingerprint density at radius 2 is 1.53 bits per heavy atom. The quantitative estimate of drug-likeness (QED) is 0.368. The highest BCUT2D eigenvalue weighted by atomic mass is 79.9. The molecule has 0 unspecified atom stereocenters. The van der Waals surface area contributed by atoms with E-state index in [2.05, 4.69) is 115 Å². The van der Waals surface area contributed by atoms with Gasteiger partial charge >= 0.3 is 0 Å². The molecule has 2 aromatic rings. The molecule has 0 saturated carbocycles. The van der Waals surface area contributed by atoms with Gasteiger partial charge in [-0.15, -0.1) is 17.0 Å². The van der Waals surface area contributed by atoms with Crippen LogP contribution >= 0.6 is 17.0 Å². The fraction of sp³-hybridized carbons (Fsp3) is 0.452. The predicted molar refractivity (Wildman–Crippen MR) is 155 cm³/mol. The normalized spacial score (nSPS) is 17.8. The lowest BCUT2D eigenvalue weighted by atomic mass is 9.80. The Hall–Kier alpha value is -2.13. The molecule has 182 valence electrons. The molecule has 0 amide bonds. The third-order valence-electron chi connectivity index (χ3n) is 7.12. The largest absolute Gasteiger partial charge is 0.344 e. The number of halogens is 1. The van der Waals surface area contributed by atoms with Gasteiger partial charge in [0.05, 0.1) is 5.69 Å². The number of hydrogen-bond acceptors (Lipinski definition) is 2. The molecule has 34 heavy (non-hydrogen) atoms. The number of hydrogen-bond donors (Lipinski definition) is 0. The van der Waals surface area contributed by atoms with E-state index in [4.69, 9.17) is 4.99 Å². The highest BCUT2D eigenvalue weighted by molar-refractivity contribution is 8.93. The van der Waals surface area contributed by atoms with E-state index < -0.39 is 0 Å². The number of anilines is 1. The van der Waals surface area contributed by atoms with Crippen LogP contribution in [0.1, 0.15) is 84.9 Å². The van der Waals surface area contributed by atoms with Crippen molar-refractivity contribution in [2.24, 2.45) is 4.99 Å². The molecule has 2 heterocycles. The Morgan fingerprint density at radius 3 is 2.15 bits per heavy atom. The summed E-state index contributed by atoms with van der Waals surface area (Å²) in [7, 11) is 0. The topological polar surface area (TPSA) is 15.6 Å². The highest BCUT2D eigenvalue weighted by Gasteiger charge is 2.42. The van der Waals surface area contributed by atoms with Gasteiger partial charge in [0.25, 0.3) is 0 Å². The molecule has 0 fully saturated rings. The first-order chi connectivity index (χ1) is 15.4. The molecule has 0 N–H and O–H groups in total. The average Bonchev–Trinajstić information content (AvgIpc) is 2.98. The van der Waals surface area contributed by atoms with Gasteiger partial charge in [-0.25, -0.2) is 0 Å². The first-order valence-electron chi connectivity index (χ1n) is 12.4. The molecule has 2 aliphatic rings. The second-order valence-electron chi connectivity index (χ2n) is 12.2. The summed E-state index contributed by atoms with van der Waals surface area (Å²) in [4.78, 5) is 7.39. The molecule has 2 aromatic carbocycles. The first kappa shape index (κ1) is 26.5. The standard InChI is InChI=1S/C31H40N2.BrH/c1-29(2,3)23-19-24(30(4,5)6)21-25(20-23)32-17-11-13-22-14-12-18-33-27-16-10-9-15-26(27)31(7,8)28(22)33;/h9-11,13,15-17,19-21H,12,14,18H2,1-8H3;1H/b13-11-,32-17?;. The van der Waals surface area contributed by atoms with E-state index >= 15 is 0 Å². The first-order valence-corrected chi connectivity index (χ1v) is 12.4. The zero-order chi connectivity index (χ0) is 24.0. The third kappa shape index (κ3) is 5.10. The molecular weight excluding hydrogens is 480 g/mol. The molecule has 0 spiro atoms. The zero-order valence-electron chi connectivity index (χ0n) is 22.2. The minimum absolute atomic E-state index is 0. The number of fused-ring (bicyclic) bond motifs is 3. The summed E-state index contributed by atoms with van der Waals surface area (Å²) in [6, 6.07) is 15.7. The second kappa shape index (κ2) is 9.49. The van der Waals surface area contributed by atoms with Crippen molar-refractivity contribution in [1.29, 1.82) is 0 Å². The highest BCUT2D eigenvalue weighted by Crippen LogP contribution is 2.50. The van der Waals surface area contributed by atoms with Crippen LogP contribution in [0.4, 0.5) is 11.4 Å². The summed E-state index contributed by atoms with van der Waals surface area (Å²) >= 11 is 0. The van der Waals surface area contributed by atoms with Crippen LogP contribution in [0.25, 0.3) is 0 Å². The van der Waals surface area contributed by atoms with Crippen molar-refractivity contribution in [2.75, 3.05) is 11.4 Å². The van der Waals surface area contributed by atoms with Gasteiger partial charge in [0.1, 0.15) is 0 Å². The van der Waals surface area contributed by atoms with Crippen molar-refractivity contribution in [2.45, 2.75) is 84.5 Å². The van der Waals surface area contributed by atoms with Crippen LogP contribution in [0.15, 0.2) is 70.9 Å². The maximum Gasteiger partial charge on any atom is 0.0635 e. The van der Waals surface area contributed by atoms with Gasteiger partial charge in [-0.1, -0.05) is 85.7 Å². The molecule has 0 aliphatic carbocycles. The smallest absolute Gasteiger partial charge is 0.0635 e. The molecule has 0 atom stereocenters. The van der Waals surface area contributed by atoms with E-state index in [9.17, 15) is 0 Å². The van der Waals surface area contributed by atoms with Crippen LogP contribution in [-0.2, 0) is 16.2 Å². The fourth-order valence-electron chi connectivity index (χ4n) is 5.18. The lowest BCUT2D eigenvalue weighted by Crippen LogP contribution is -2.31. The number of rotatable bonds is 3. The van der Waals surface area contributed by atoms with Crippen molar-refractivity contribution in [1.82, 2.24) is 0 Å². The molecular formula is C31H41BrN2. The number of allylic oxidation sites excluding steroid dienone is 4. The van der Waals surface area contributed by atoms with E-state index in [1.54, 1.807) is 0 Å². The summed E-state index contributed by atoms with van der Waals surface area (Å²) in [6.45, 7) is 19.5. The Bertz CT molecular complexity index is 1100. The summed E-state index contributed by atoms with van der Waals surface area (Å²) in [5.41, 5.74) is 9.67. The molecule has 3 heteroatoms. The van der Waals surface area contributed by atoms with Crippen molar-refractivity contribution >= 4 is 34.6 Å². The lowest BCUT2D eigenvalue weighted by molar-refractivity contribution is 0.569. The summed E-state index contributed by atoms with van der Waals surface area (Å²) < 4.78 is 0. The number of benzene rings is 2. The summed E-state index contributed by atoms with van der Waals surface area (Å²) in [5, 5.41) is 0. The van der Waals surface area contributed by atoms with Crippen LogP contribution in [0.5, 0.6) is 0 Å². The monoisotopic (exact) mass is 520 g/mol. The van der Waals surface area contributed by atoms with E-state index in [1.165, 1.54) is 40.1 Å². The number of para-hydroxylation sites is 1. The van der Waals surface area contributed by atoms with Crippen LogP contribution in [0.2, 0.25) is 0 Å². The number of aliphatic imine (C=N–C) groups is 1. The Morgan fingerprint density at radius 1 is 0.912 bits per heavy atom. The van der Waals surface area contributed by atoms with E-state index in [-0.39, 0.29) is 33.2 Å². The molecule has 4 rings (SSSR count). The molecule has 0 aromatic heterocycles. The van der Waals surface area contributed by atoms with Gasteiger partial charge in [0.15, 0.2) is 0 Å². The molecule has 2 aliphatic heterocycles. The second-order valence-corrected chi connectivity index (χ2v) is 12.2. The van der Waals surface area contributed by atoms with Gasteiger partial charge in [-0.2, -0.15) is 0 Å². The minimum atomic E-state index is 0. The van der Waals surface area contributed by atoms with Gasteiger partial charge in [0.2, 0.25) is 0 Å². The average molecular weight is 522 g/mol. The number of nitrogens with zero attached hydrogens (tertiary/aromatic N) is 2. The Labute approximate surface area is 217 Å². The minimum Gasteiger partial charge on any atom is -0.344 e. The zero-order valence-corrected chi connectivity index (χ0v) is 23.9. The van der Waals surface area contributed by atoms with Crippen LogP contribution in [0.3, 0.4) is 0 Å². The predicted octanol–water partition coefficient (Wildman–Crippen LogP) is 8.96. The maximum absolute atomic E-state index is 4.85. The summed E-state index contributed by atoms with van der Waals surface area (Å²) in [6.07, 6.45) is 8.70. The van der Waals surface area contributed by atoms with Gasteiger partial charge < -0.3 is 4.90 Å². The van der Waals surface area contributed by atoms with Gasteiger partial charge in [-0.05, 0) is 70.2 Å². The third-order valence-corrected chi connectivity index (χ3v) is 7.12. The van der Waals surface area contributed by atoms with Crippen LogP contribution < -0.4 is 4.90 Å². The van der Waals surface area contributed by atoms with Crippen molar-refractivity contribution in [3.63, 3.8) is 0 Å². The van der Waals surface area contributed by atoms with Crippen LogP contribution in [0, 0.1) is 0 Å². The molecule has 0 radical (unpaired) electrons. The lowest BCUT2D eigenvalue weighted by Gasteiger charge is -2.33. The SMILES string of the molecule is Br.CC(C)(C)c1cc(N=C/C=C\C2=C3N(CCC2)c2ccccc2C3(C)C)cc(C(C)(C)C)c1. The van der Waals surface area contributed by atoms with E-state index in [0.717, 1.165) is 18.7 Å². The van der Waals surface area contributed by atoms with E-state index in [1.807, 2.05) is 6.21 Å². The van der Waals surface area contributed by atoms with E-state index in [0.29, 0.717) is 0 Å². The Kier molecular flexibility index (Phi) is 7.39. The van der Waals surface area contributed by atoms with Gasteiger partial charge in [0, 0.05) is 29.6 Å². The molecule has 0 bridgehead atoms. The van der Waals surface area contributed by atoms with Crippen molar-refractivity contribution in [3.8, 4) is 0 Å². The molecule has 0 saturated heterocycles. The van der Waals surface area contributed by atoms with Gasteiger partial charge in [-0.3, -0.25) is 4.99 Å².